The summed E-state index contributed by atoms with van der Waals surface area (Å²) in [6, 6.07) is 0. The quantitative estimate of drug-likeness (QED) is 0.900. The summed E-state index contributed by atoms with van der Waals surface area (Å²) in [7, 11) is 0. The van der Waals surface area contributed by atoms with Gasteiger partial charge in [0.15, 0.2) is 5.82 Å². The Balaban J connectivity index is 1.43. The lowest BCUT2D eigenvalue weighted by molar-refractivity contribution is 0.0772. The predicted octanol–water partition coefficient (Wildman–Crippen LogP) is 3.01. The minimum absolute atomic E-state index is 0.114. The number of aromatic nitrogens is 5. The molecule has 7 heteroatoms. The highest BCUT2D eigenvalue weighted by Gasteiger charge is 2.51. The molecule has 1 unspecified atom stereocenters. The first-order valence-corrected chi connectivity index (χ1v) is 10.3. The Hall–Kier alpha value is -2.18. The predicted molar refractivity (Wildman–Crippen MR) is 101 cm³/mol. The molecule has 5 rings (SSSR count). The van der Waals surface area contributed by atoms with Gasteiger partial charge < -0.3 is 4.90 Å². The van der Waals surface area contributed by atoms with Crippen molar-refractivity contribution < 1.29 is 4.79 Å². The van der Waals surface area contributed by atoms with Crippen molar-refractivity contribution in [2.75, 3.05) is 13.1 Å². The summed E-state index contributed by atoms with van der Waals surface area (Å²) in [4.78, 5) is 20.2. The normalized spacial score (nSPS) is 24.2. The molecule has 0 bridgehead atoms. The van der Waals surface area contributed by atoms with Crippen molar-refractivity contribution in [2.24, 2.45) is 5.41 Å². The van der Waals surface area contributed by atoms with Crippen molar-refractivity contribution in [3.8, 4) is 0 Å². The maximum Gasteiger partial charge on any atom is 0.257 e. The number of aromatic amines is 1. The molecule has 1 amide bonds. The van der Waals surface area contributed by atoms with Crippen LogP contribution in [0.3, 0.4) is 0 Å². The topological polar surface area (TPSA) is 79.7 Å². The molecule has 2 saturated carbocycles. The van der Waals surface area contributed by atoms with Gasteiger partial charge in [-0.2, -0.15) is 10.2 Å². The van der Waals surface area contributed by atoms with Crippen LogP contribution in [0.1, 0.15) is 85.0 Å². The zero-order valence-electron chi connectivity index (χ0n) is 16.2. The van der Waals surface area contributed by atoms with E-state index >= 15 is 0 Å². The van der Waals surface area contributed by atoms with Crippen molar-refractivity contribution in [1.82, 2.24) is 29.9 Å². The highest BCUT2D eigenvalue weighted by atomic mass is 16.2. The molecule has 144 valence electrons. The van der Waals surface area contributed by atoms with Gasteiger partial charge >= 0.3 is 0 Å². The van der Waals surface area contributed by atoms with E-state index in [0.29, 0.717) is 5.92 Å². The Morgan fingerprint density at radius 2 is 2.11 bits per heavy atom. The van der Waals surface area contributed by atoms with E-state index in [0.717, 1.165) is 42.5 Å². The molecule has 2 aromatic heterocycles. The van der Waals surface area contributed by atoms with E-state index in [4.69, 9.17) is 4.98 Å². The first kappa shape index (κ1) is 17.0. The monoisotopic (exact) mass is 368 g/mol. The SMILES string of the molecule is CCn1ncc(C(=O)N2CC(c3nc(C4CC4)n[nH]3)C3(CCCC3)C2)c1C. The summed E-state index contributed by atoms with van der Waals surface area (Å²) in [5.74, 6) is 2.91. The van der Waals surface area contributed by atoms with Crippen LogP contribution >= 0.6 is 0 Å². The van der Waals surface area contributed by atoms with E-state index < -0.39 is 0 Å². The van der Waals surface area contributed by atoms with Crippen LogP contribution in [-0.2, 0) is 6.54 Å². The lowest BCUT2D eigenvalue weighted by atomic mass is 9.76. The van der Waals surface area contributed by atoms with Crippen LogP contribution in [-0.4, -0.2) is 48.9 Å². The number of H-pyrrole nitrogens is 1. The van der Waals surface area contributed by atoms with Crippen molar-refractivity contribution in [1.29, 1.82) is 0 Å². The zero-order chi connectivity index (χ0) is 18.6. The third kappa shape index (κ3) is 2.70. The molecule has 0 aromatic carbocycles. The summed E-state index contributed by atoms with van der Waals surface area (Å²) in [6.07, 6.45) is 8.98. The van der Waals surface area contributed by atoms with E-state index in [1.54, 1.807) is 6.20 Å². The Morgan fingerprint density at radius 1 is 1.33 bits per heavy atom. The number of rotatable bonds is 4. The van der Waals surface area contributed by atoms with E-state index in [2.05, 4.69) is 22.2 Å². The molecular weight excluding hydrogens is 340 g/mol. The standard InChI is InChI=1S/C20H28N6O/c1-3-26-13(2)15(10-21-26)19(27)25-11-16(20(12-25)8-4-5-9-20)18-22-17(23-24-18)14-6-7-14/h10,14,16H,3-9,11-12H2,1-2H3,(H,22,23,24). The fourth-order valence-electron chi connectivity index (χ4n) is 5.20. The van der Waals surface area contributed by atoms with Crippen LogP contribution in [0.2, 0.25) is 0 Å². The fourth-order valence-corrected chi connectivity index (χ4v) is 5.20. The second kappa shape index (κ2) is 6.17. The molecule has 3 fully saturated rings. The first-order chi connectivity index (χ1) is 13.1. The van der Waals surface area contributed by atoms with Gasteiger partial charge in [0.25, 0.3) is 5.91 Å². The van der Waals surface area contributed by atoms with Gasteiger partial charge in [-0.1, -0.05) is 12.8 Å². The average molecular weight is 368 g/mol. The van der Waals surface area contributed by atoms with E-state index in [1.165, 1.54) is 38.5 Å². The summed E-state index contributed by atoms with van der Waals surface area (Å²) >= 11 is 0. The van der Waals surface area contributed by atoms with Gasteiger partial charge in [0.1, 0.15) is 5.82 Å². The molecular formula is C20H28N6O. The Labute approximate surface area is 159 Å². The number of hydrogen-bond donors (Lipinski definition) is 1. The number of carbonyl (C=O) groups excluding carboxylic acids is 1. The minimum atomic E-state index is 0.114. The minimum Gasteiger partial charge on any atom is -0.337 e. The maximum atomic E-state index is 13.3. The molecule has 1 saturated heterocycles. The largest absolute Gasteiger partial charge is 0.337 e. The van der Waals surface area contributed by atoms with Gasteiger partial charge in [0, 0.05) is 37.2 Å². The molecule has 1 aliphatic heterocycles. The molecule has 1 spiro atoms. The van der Waals surface area contributed by atoms with Crippen LogP contribution in [0, 0.1) is 12.3 Å². The Morgan fingerprint density at radius 3 is 2.78 bits per heavy atom. The Kier molecular flexibility index (Phi) is 3.88. The molecule has 2 aromatic rings. The highest BCUT2D eigenvalue weighted by molar-refractivity contribution is 5.95. The van der Waals surface area contributed by atoms with Crippen LogP contribution < -0.4 is 0 Å². The molecule has 3 heterocycles. The number of nitrogens with zero attached hydrogens (tertiary/aromatic N) is 5. The summed E-state index contributed by atoms with van der Waals surface area (Å²) in [6.45, 7) is 6.38. The summed E-state index contributed by atoms with van der Waals surface area (Å²) < 4.78 is 1.89. The van der Waals surface area contributed by atoms with Crippen LogP contribution in [0.25, 0.3) is 0 Å². The van der Waals surface area contributed by atoms with Gasteiger partial charge in [-0.25, -0.2) is 4.98 Å². The fraction of sp³-hybridized carbons (Fsp3) is 0.700. The lowest BCUT2D eigenvalue weighted by Crippen LogP contribution is -2.31. The number of nitrogens with one attached hydrogen (secondary N) is 1. The molecule has 1 atom stereocenters. The summed E-state index contributed by atoms with van der Waals surface area (Å²) in [5.41, 5.74) is 1.86. The van der Waals surface area contributed by atoms with Gasteiger partial charge in [-0.05, 0) is 44.9 Å². The molecule has 7 nitrogen and oxygen atoms in total. The van der Waals surface area contributed by atoms with Crippen LogP contribution in [0.5, 0.6) is 0 Å². The van der Waals surface area contributed by atoms with Crippen molar-refractivity contribution in [3.63, 3.8) is 0 Å². The van der Waals surface area contributed by atoms with Crippen molar-refractivity contribution in [3.05, 3.63) is 29.1 Å². The molecule has 27 heavy (non-hydrogen) atoms. The smallest absolute Gasteiger partial charge is 0.257 e. The van der Waals surface area contributed by atoms with E-state index in [-0.39, 0.29) is 17.2 Å². The maximum absolute atomic E-state index is 13.3. The number of amides is 1. The van der Waals surface area contributed by atoms with Crippen molar-refractivity contribution in [2.45, 2.75) is 70.8 Å². The number of hydrogen-bond acceptors (Lipinski definition) is 4. The highest BCUT2D eigenvalue weighted by Crippen LogP contribution is 2.53. The van der Waals surface area contributed by atoms with Gasteiger partial charge in [0.2, 0.25) is 0 Å². The zero-order valence-corrected chi connectivity index (χ0v) is 16.2. The molecule has 3 aliphatic rings. The lowest BCUT2D eigenvalue weighted by Gasteiger charge is -2.28. The van der Waals surface area contributed by atoms with Crippen LogP contribution in [0.15, 0.2) is 6.20 Å². The van der Waals surface area contributed by atoms with Gasteiger partial charge in [0.05, 0.1) is 11.8 Å². The molecule has 1 N–H and O–H groups in total. The number of aryl methyl sites for hydroxylation is 1. The second-order valence-corrected chi connectivity index (χ2v) is 8.62. The summed E-state index contributed by atoms with van der Waals surface area (Å²) in [5, 5.41) is 12.1. The number of carbonyl (C=O) groups is 1. The van der Waals surface area contributed by atoms with Crippen LogP contribution in [0.4, 0.5) is 0 Å². The van der Waals surface area contributed by atoms with Gasteiger partial charge in [-0.3, -0.25) is 14.6 Å². The van der Waals surface area contributed by atoms with E-state index in [1.807, 2.05) is 16.5 Å². The van der Waals surface area contributed by atoms with Gasteiger partial charge in [-0.15, -0.1) is 0 Å². The molecule has 2 aliphatic carbocycles. The average Bonchev–Trinajstić information content (AvgIpc) is 3.08. The van der Waals surface area contributed by atoms with E-state index in [9.17, 15) is 4.79 Å². The molecule has 0 radical (unpaired) electrons. The number of likely N-dealkylation sites (tertiary alicyclic amines) is 1. The third-order valence-corrected chi connectivity index (χ3v) is 6.96. The first-order valence-electron chi connectivity index (χ1n) is 10.3. The Bertz CT molecular complexity index is 858. The second-order valence-electron chi connectivity index (χ2n) is 8.62. The third-order valence-electron chi connectivity index (χ3n) is 6.96. The van der Waals surface area contributed by atoms with Crippen molar-refractivity contribution >= 4 is 5.91 Å².